The Labute approximate surface area is 137 Å². The lowest BCUT2D eigenvalue weighted by atomic mass is 10.1. The highest BCUT2D eigenvalue weighted by molar-refractivity contribution is 5.79. The first-order chi connectivity index (χ1) is 11.2. The van der Waals surface area contributed by atoms with Gasteiger partial charge in [0.1, 0.15) is 12.4 Å². The first-order valence-electron chi connectivity index (χ1n) is 8.13. The summed E-state index contributed by atoms with van der Waals surface area (Å²) in [5.74, 6) is -0.213. The molecule has 0 bridgehead atoms. The number of benzene rings is 2. The first kappa shape index (κ1) is 15.7. The smallest absolute Gasteiger partial charge is 0.123 e. The predicted molar refractivity (Wildman–Crippen MR) is 91.1 cm³/mol. The van der Waals surface area contributed by atoms with Gasteiger partial charge in [-0.1, -0.05) is 42.0 Å². The van der Waals surface area contributed by atoms with Crippen LogP contribution in [0.5, 0.6) is 0 Å². The number of hydrogen-bond acceptors (Lipinski definition) is 2. The molecule has 0 atom stereocenters. The maximum absolute atomic E-state index is 12.9. The predicted octanol–water partition coefficient (Wildman–Crippen LogP) is 1.87. The van der Waals surface area contributed by atoms with Crippen LogP contribution in [0, 0.1) is 12.7 Å². The number of quaternary nitrogens is 1. The molecule has 120 valence electrons. The SMILES string of the molecule is Cc1ccc(C[NH+]2CCN(N=Cc3ccc(F)cc3)CC2)cc1. The van der Waals surface area contributed by atoms with Gasteiger partial charge in [0.05, 0.1) is 32.4 Å². The number of nitrogens with zero attached hydrogens (tertiary/aromatic N) is 2. The van der Waals surface area contributed by atoms with Crippen LogP contribution in [0.1, 0.15) is 16.7 Å². The molecule has 1 heterocycles. The molecule has 1 fully saturated rings. The number of rotatable bonds is 4. The van der Waals surface area contributed by atoms with Gasteiger partial charge >= 0.3 is 0 Å². The fourth-order valence-corrected chi connectivity index (χ4v) is 2.80. The molecule has 0 aliphatic carbocycles. The Kier molecular flexibility index (Phi) is 5.03. The third-order valence-corrected chi connectivity index (χ3v) is 4.26. The van der Waals surface area contributed by atoms with Crippen molar-refractivity contribution in [1.29, 1.82) is 0 Å². The second-order valence-electron chi connectivity index (χ2n) is 6.16. The van der Waals surface area contributed by atoms with Crippen molar-refractivity contribution < 1.29 is 9.29 Å². The molecule has 2 aromatic rings. The highest BCUT2D eigenvalue weighted by Gasteiger charge is 2.18. The lowest BCUT2D eigenvalue weighted by Gasteiger charge is -2.30. The van der Waals surface area contributed by atoms with Gasteiger partial charge in [0.25, 0.3) is 0 Å². The second kappa shape index (κ2) is 7.38. The zero-order chi connectivity index (χ0) is 16.1. The fraction of sp³-hybridized carbons (Fsp3) is 0.316. The Balaban J connectivity index is 1.48. The van der Waals surface area contributed by atoms with E-state index in [1.54, 1.807) is 17.0 Å². The average Bonchev–Trinajstić information content (AvgIpc) is 2.58. The van der Waals surface area contributed by atoms with E-state index >= 15 is 0 Å². The molecular weight excluding hydrogens is 289 g/mol. The minimum absolute atomic E-state index is 0.213. The van der Waals surface area contributed by atoms with E-state index in [2.05, 4.69) is 41.3 Å². The summed E-state index contributed by atoms with van der Waals surface area (Å²) in [4.78, 5) is 1.60. The minimum atomic E-state index is -0.213. The van der Waals surface area contributed by atoms with Crippen LogP contribution in [0.4, 0.5) is 4.39 Å². The zero-order valence-corrected chi connectivity index (χ0v) is 13.5. The lowest BCUT2D eigenvalue weighted by molar-refractivity contribution is -0.918. The van der Waals surface area contributed by atoms with Gasteiger partial charge in [-0.2, -0.15) is 5.10 Å². The van der Waals surface area contributed by atoms with Crippen LogP contribution in [0.15, 0.2) is 53.6 Å². The number of nitrogens with one attached hydrogen (secondary N) is 1. The molecule has 23 heavy (non-hydrogen) atoms. The topological polar surface area (TPSA) is 20.0 Å². The molecule has 1 saturated heterocycles. The Morgan fingerprint density at radius 3 is 2.35 bits per heavy atom. The average molecular weight is 312 g/mol. The molecule has 0 aromatic heterocycles. The van der Waals surface area contributed by atoms with Gasteiger partial charge in [-0.15, -0.1) is 0 Å². The number of piperazine rings is 1. The van der Waals surface area contributed by atoms with Crippen LogP contribution >= 0.6 is 0 Å². The van der Waals surface area contributed by atoms with Gasteiger partial charge in [-0.25, -0.2) is 4.39 Å². The van der Waals surface area contributed by atoms with E-state index in [-0.39, 0.29) is 5.82 Å². The molecule has 0 radical (unpaired) electrons. The van der Waals surface area contributed by atoms with Crippen molar-refractivity contribution in [3.8, 4) is 0 Å². The van der Waals surface area contributed by atoms with E-state index in [0.717, 1.165) is 38.3 Å². The molecule has 0 spiro atoms. The fourth-order valence-electron chi connectivity index (χ4n) is 2.80. The molecule has 3 rings (SSSR count). The van der Waals surface area contributed by atoms with Crippen LogP contribution in [0.25, 0.3) is 0 Å². The van der Waals surface area contributed by atoms with E-state index in [1.807, 2.05) is 6.21 Å². The number of halogens is 1. The van der Waals surface area contributed by atoms with Crippen molar-refractivity contribution in [3.05, 3.63) is 71.0 Å². The van der Waals surface area contributed by atoms with Gasteiger partial charge in [0, 0.05) is 5.56 Å². The van der Waals surface area contributed by atoms with Crippen LogP contribution in [-0.2, 0) is 6.54 Å². The highest BCUT2D eigenvalue weighted by Crippen LogP contribution is 2.03. The molecule has 3 nitrogen and oxygen atoms in total. The van der Waals surface area contributed by atoms with Gasteiger partial charge in [-0.05, 0) is 24.6 Å². The summed E-state index contributed by atoms with van der Waals surface area (Å²) in [6.45, 7) is 7.30. The maximum atomic E-state index is 12.9. The van der Waals surface area contributed by atoms with Gasteiger partial charge in [0.15, 0.2) is 0 Å². The monoisotopic (exact) mass is 312 g/mol. The molecular formula is C19H23FN3+. The van der Waals surface area contributed by atoms with Crippen LogP contribution in [0.3, 0.4) is 0 Å². The molecule has 1 N–H and O–H groups in total. The Bertz CT molecular complexity index is 641. The number of hydrogen-bond donors (Lipinski definition) is 1. The van der Waals surface area contributed by atoms with Crippen LogP contribution < -0.4 is 4.90 Å². The molecule has 2 aromatic carbocycles. The van der Waals surface area contributed by atoms with E-state index < -0.39 is 0 Å². The summed E-state index contributed by atoms with van der Waals surface area (Å²) < 4.78 is 12.9. The molecule has 1 aliphatic heterocycles. The zero-order valence-electron chi connectivity index (χ0n) is 13.5. The molecule has 4 heteroatoms. The lowest BCUT2D eigenvalue weighted by Crippen LogP contribution is -3.13. The van der Waals surface area contributed by atoms with E-state index in [1.165, 1.54) is 23.3 Å². The molecule has 0 amide bonds. The second-order valence-corrected chi connectivity index (χ2v) is 6.16. The number of aryl methyl sites for hydroxylation is 1. The highest BCUT2D eigenvalue weighted by atomic mass is 19.1. The van der Waals surface area contributed by atoms with Crippen LogP contribution in [-0.4, -0.2) is 37.4 Å². The van der Waals surface area contributed by atoms with Crippen molar-refractivity contribution in [1.82, 2.24) is 5.01 Å². The summed E-state index contributed by atoms with van der Waals surface area (Å²) >= 11 is 0. The Morgan fingerprint density at radius 2 is 1.70 bits per heavy atom. The summed E-state index contributed by atoms with van der Waals surface area (Å²) in [6.07, 6.45) is 1.81. The largest absolute Gasteiger partial charge is 0.328 e. The van der Waals surface area contributed by atoms with Crippen molar-refractivity contribution in [3.63, 3.8) is 0 Å². The van der Waals surface area contributed by atoms with Gasteiger partial charge in [0.2, 0.25) is 0 Å². The van der Waals surface area contributed by atoms with Gasteiger partial charge in [-0.3, -0.25) is 5.01 Å². The quantitative estimate of drug-likeness (QED) is 0.855. The van der Waals surface area contributed by atoms with Crippen molar-refractivity contribution in [2.75, 3.05) is 26.2 Å². The first-order valence-corrected chi connectivity index (χ1v) is 8.13. The summed E-state index contributed by atoms with van der Waals surface area (Å²) in [7, 11) is 0. The molecule has 0 saturated carbocycles. The molecule has 1 aliphatic rings. The maximum Gasteiger partial charge on any atom is 0.123 e. The summed E-state index contributed by atoms with van der Waals surface area (Å²) in [6, 6.07) is 15.2. The van der Waals surface area contributed by atoms with E-state index in [9.17, 15) is 4.39 Å². The van der Waals surface area contributed by atoms with Gasteiger partial charge < -0.3 is 4.90 Å². The third kappa shape index (κ3) is 4.63. The Hall–Kier alpha value is -2.20. The van der Waals surface area contributed by atoms with Crippen molar-refractivity contribution in [2.45, 2.75) is 13.5 Å². The van der Waals surface area contributed by atoms with Crippen molar-refractivity contribution in [2.24, 2.45) is 5.10 Å². The third-order valence-electron chi connectivity index (χ3n) is 4.26. The standard InChI is InChI=1S/C19H22FN3/c1-16-2-4-18(5-3-16)15-22-10-12-23(13-11-22)21-14-17-6-8-19(20)9-7-17/h2-9,14H,10-13,15H2,1H3/p+1. The van der Waals surface area contributed by atoms with E-state index in [0.29, 0.717) is 0 Å². The minimum Gasteiger partial charge on any atom is -0.328 e. The summed E-state index contributed by atoms with van der Waals surface area (Å²) in [5.41, 5.74) is 3.64. The summed E-state index contributed by atoms with van der Waals surface area (Å²) in [5, 5.41) is 6.61. The van der Waals surface area contributed by atoms with E-state index in [4.69, 9.17) is 0 Å². The van der Waals surface area contributed by atoms with Crippen molar-refractivity contribution >= 4 is 6.21 Å². The molecule has 0 unspecified atom stereocenters. The number of hydrazone groups is 1. The Morgan fingerprint density at radius 1 is 1.04 bits per heavy atom. The normalized spacial score (nSPS) is 16.2. The van der Waals surface area contributed by atoms with Crippen LogP contribution in [0.2, 0.25) is 0 Å².